The molecular weight excluding hydrogens is 338 g/mol. The maximum atomic E-state index is 12.5. The predicted molar refractivity (Wildman–Crippen MR) is 80.1 cm³/mol. The molecule has 2 amide bonds. The Hall–Kier alpha value is -2.73. The van der Waals surface area contributed by atoms with Gasteiger partial charge in [-0.25, -0.2) is 4.79 Å². The SMILES string of the molecule is COC(=O)C(N1Cc2c(N)cccc2C1=O)C(O)(O)C(O)(O)C(N)=O. The Morgan fingerprint density at radius 3 is 2.36 bits per heavy atom. The van der Waals surface area contributed by atoms with Crippen LogP contribution in [0.25, 0.3) is 0 Å². The van der Waals surface area contributed by atoms with Gasteiger partial charge in [-0.15, -0.1) is 0 Å². The standard InChI is InChI=1S/C14H17N3O8/c1-25-11(19)9(13(21,22)14(23,24)12(16)20)17-5-7-6(10(17)18)3-2-4-8(7)15/h2-4,9,21-24H,5,15H2,1H3,(H2,16,20). The maximum Gasteiger partial charge on any atom is 0.334 e. The predicted octanol–water partition coefficient (Wildman–Crippen LogP) is -3.39. The molecule has 0 radical (unpaired) electrons. The number of anilines is 1. The van der Waals surface area contributed by atoms with Gasteiger partial charge in [0.1, 0.15) is 0 Å². The number of hydrogen-bond donors (Lipinski definition) is 6. The Balaban J connectivity index is 2.55. The average molecular weight is 355 g/mol. The highest BCUT2D eigenvalue weighted by molar-refractivity contribution is 6.02. The highest BCUT2D eigenvalue weighted by atomic mass is 16.6. The van der Waals surface area contributed by atoms with Crippen molar-refractivity contribution in [3.8, 4) is 0 Å². The number of hydrogen-bond acceptors (Lipinski definition) is 9. The molecule has 0 saturated heterocycles. The number of nitrogens with two attached hydrogens (primary N) is 2. The molecule has 1 aromatic carbocycles. The summed E-state index contributed by atoms with van der Waals surface area (Å²) in [6.07, 6.45) is 0. The summed E-state index contributed by atoms with van der Waals surface area (Å²) in [5.41, 5.74) is 11.1. The molecule has 1 atom stereocenters. The maximum absolute atomic E-state index is 12.5. The van der Waals surface area contributed by atoms with Crippen molar-refractivity contribution < 1.29 is 39.5 Å². The van der Waals surface area contributed by atoms with Gasteiger partial charge in [-0.3, -0.25) is 9.59 Å². The van der Waals surface area contributed by atoms with Crippen LogP contribution >= 0.6 is 0 Å². The van der Waals surface area contributed by atoms with Crippen molar-refractivity contribution in [2.75, 3.05) is 12.8 Å². The van der Waals surface area contributed by atoms with E-state index in [2.05, 4.69) is 4.74 Å². The largest absolute Gasteiger partial charge is 0.467 e. The first-order valence-corrected chi connectivity index (χ1v) is 6.92. The number of benzene rings is 1. The van der Waals surface area contributed by atoms with E-state index in [0.717, 1.165) is 7.11 Å². The fraction of sp³-hybridized carbons (Fsp3) is 0.357. The number of rotatable bonds is 5. The van der Waals surface area contributed by atoms with Gasteiger partial charge in [0.15, 0.2) is 6.04 Å². The van der Waals surface area contributed by atoms with E-state index in [1.807, 2.05) is 0 Å². The van der Waals surface area contributed by atoms with Gasteiger partial charge in [0.2, 0.25) is 0 Å². The van der Waals surface area contributed by atoms with Crippen LogP contribution in [0, 0.1) is 0 Å². The second-order valence-corrected chi connectivity index (χ2v) is 5.49. The first-order valence-electron chi connectivity index (χ1n) is 6.92. The van der Waals surface area contributed by atoms with Crippen LogP contribution in [0.1, 0.15) is 15.9 Å². The topological polar surface area (TPSA) is 197 Å². The number of primary amides is 1. The molecule has 1 aliphatic heterocycles. The molecule has 1 aliphatic rings. The molecule has 11 nitrogen and oxygen atoms in total. The molecule has 2 rings (SSSR count). The van der Waals surface area contributed by atoms with Crippen LogP contribution in [-0.4, -0.2) is 67.8 Å². The molecule has 8 N–H and O–H groups in total. The van der Waals surface area contributed by atoms with Crippen molar-refractivity contribution >= 4 is 23.5 Å². The average Bonchev–Trinajstić information content (AvgIpc) is 2.85. The van der Waals surface area contributed by atoms with Crippen molar-refractivity contribution in [1.29, 1.82) is 0 Å². The number of carbonyl (C=O) groups excluding carboxylic acids is 3. The molecule has 25 heavy (non-hydrogen) atoms. The Kier molecular flexibility index (Phi) is 4.44. The van der Waals surface area contributed by atoms with Crippen LogP contribution in [0.3, 0.4) is 0 Å². The zero-order chi connectivity index (χ0) is 19.2. The van der Waals surface area contributed by atoms with Crippen LogP contribution in [0.2, 0.25) is 0 Å². The lowest BCUT2D eigenvalue weighted by Gasteiger charge is -2.40. The monoisotopic (exact) mass is 355 g/mol. The van der Waals surface area contributed by atoms with Gasteiger partial charge < -0.3 is 41.5 Å². The van der Waals surface area contributed by atoms with E-state index in [-0.39, 0.29) is 23.4 Å². The fourth-order valence-corrected chi connectivity index (χ4v) is 2.58. The van der Waals surface area contributed by atoms with Crippen LogP contribution in [0.5, 0.6) is 0 Å². The summed E-state index contributed by atoms with van der Waals surface area (Å²) in [5.74, 6) is -12.0. The summed E-state index contributed by atoms with van der Waals surface area (Å²) in [5, 5.41) is 39.6. The molecular formula is C14H17N3O8. The quantitative estimate of drug-likeness (QED) is 0.177. The Morgan fingerprint density at radius 1 is 1.28 bits per heavy atom. The Labute approximate surface area is 141 Å². The summed E-state index contributed by atoms with van der Waals surface area (Å²) >= 11 is 0. The van der Waals surface area contributed by atoms with Crippen molar-refractivity contribution in [2.24, 2.45) is 5.73 Å². The third-order valence-corrected chi connectivity index (χ3v) is 4.01. The molecule has 1 heterocycles. The smallest absolute Gasteiger partial charge is 0.334 e. The molecule has 0 bridgehead atoms. The van der Waals surface area contributed by atoms with E-state index in [1.165, 1.54) is 18.2 Å². The summed E-state index contributed by atoms with van der Waals surface area (Å²) < 4.78 is 4.41. The number of esters is 1. The molecule has 1 unspecified atom stereocenters. The summed E-state index contributed by atoms with van der Waals surface area (Å²) in [6.45, 7) is -0.363. The number of methoxy groups -OCH3 is 1. The number of aliphatic hydroxyl groups is 4. The number of carbonyl (C=O) groups is 3. The summed E-state index contributed by atoms with van der Waals surface area (Å²) in [7, 11) is 0.869. The molecule has 0 aliphatic carbocycles. The van der Waals surface area contributed by atoms with Gasteiger partial charge in [0.05, 0.1) is 7.11 Å². The van der Waals surface area contributed by atoms with Gasteiger partial charge in [-0.2, -0.15) is 0 Å². The Morgan fingerprint density at radius 2 is 1.88 bits per heavy atom. The van der Waals surface area contributed by atoms with Gasteiger partial charge in [0, 0.05) is 23.4 Å². The molecule has 0 aromatic heterocycles. The van der Waals surface area contributed by atoms with E-state index in [9.17, 15) is 34.8 Å². The second-order valence-electron chi connectivity index (χ2n) is 5.49. The minimum Gasteiger partial charge on any atom is -0.467 e. The molecule has 11 heteroatoms. The Bertz CT molecular complexity index is 746. The first-order chi connectivity index (χ1) is 11.5. The van der Waals surface area contributed by atoms with Crippen molar-refractivity contribution in [3.05, 3.63) is 29.3 Å². The van der Waals surface area contributed by atoms with Crippen LogP contribution in [0.15, 0.2) is 18.2 Å². The summed E-state index contributed by atoms with van der Waals surface area (Å²) in [4.78, 5) is 36.3. The molecule has 0 saturated carbocycles. The second kappa shape index (κ2) is 5.97. The van der Waals surface area contributed by atoms with Crippen molar-refractivity contribution in [2.45, 2.75) is 24.2 Å². The minimum atomic E-state index is -3.95. The number of nitrogens with zero attached hydrogens (tertiary/aromatic N) is 1. The lowest BCUT2D eigenvalue weighted by molar-refractivity contribution is -0.351. The van der Waals surface area contributed by atoms with Crippen LogP contribution in [-0.2, 0) is 20.9 Å². The number of amides is 2. The van der Waals surface area contributed by atoms with E-state index in [1.54, 1.807) is 0 Å². The number of nitrogen functional groups attached to an aromatic ring is 1. The fourth-order valence-electron chi connectivity index (χ4n) is 2.58. The van der Waals surface area contributed by atoms with Crippen LogP contribution < -0.4 is 11.5 Å². The zero-order valence-corrected chi connectivity index (χ0v) is 13.0. The zero-order valence-electron chi connectivity index (χ0n) is 13.0. The lowest BCUT2D eigenvalue weighted by Crippen LogP contribution is -2.72. The minimum absolute atomic E-state index is 0.0743. The first kappa shape index (κ1) is 18.6. The highest BCUT2D eigenvalue weighted by Crippen LogP contribution is 2.34. The third-order valence-electron chi connectivity index (χ3n) is 4.01. The molecule has 1 aromatic rings. The third kappa shape index (κ3) is 2.68. The van der Waals surface area contributed by atoms with E-state index in [0.29, 0.717) is 4.90 Å². The van der Waals surface area contributed by atoms with Gasteiger partial charge >= 0.3 is 11.8 Å². The van der Waals surface area contributed by atoms with Crippen molar-refractivity contribution in [3.63, 3.8) is 0 Å². The van der Waals surface area contributed by atoms with E-state index < -0.39 is 35.4 Å². The number of ether oxygens (including phenoxy) is 1. The van der Waals surface area contributed by atoms with Crippen LogP contribution in [0.4, 0.5) is 5.69 Å². The lowest BCUT2D eigenvalue weighted by atomic mass is 9.95. The van der Waals surface area contributed by atoms with E-state index in [4.69, 9.17) is 11.5 Å². The van der Waals surface area contributed by atoms with E-state index >= 15 is 0 Å². The normalized spacial score (nSPS) is 15.7. The molecule has 0 fully saturated rings. The van der Waals surface area contributed by atoms with Gasteiger partial charge in [-0.05, 0) is 12.1 Å². The van der Waals surface area contributed by atoms with Gasteiger partial charge in [-0.1, -0.05) is 6.07 Å². The number of fused-ring (bicyclic) bond motifs is 1. The molecule has 0 spiro atoms. The molecule has 136 valence electrons. The highest BCUT2D eigenvalue weighted by Gasteiger charge is 2.63. The summed E-state index contributed by atoms with van der Waals surface area (Å²) in [6, 6.07) is 1.97. The van der Waals surface area contributed by atoms with Crippen molar-refractivity contribution in [1.82, 2.24) is 4.90 Å². The van der Waals surface area contributed by atoms with Gasteiger partial charge in [0.25, 0.3) is 17.6 Å².